The van der Waals surface area contributed by atoms with Crippen LogP contribution in [0.4, 0.5) is 0 Å². The molecule has 1 aromatic rings. The summed E-state index contributed by atoms with van der Waals surface area (Å²) in [7, 11) is 0. The smallest absolute Gasteiger partial charge is 0.327 e. The fourth-order valence-corrected chi connectivity index (χ4v) is 3.71. The number of nitrogens with zero attached hydrogens (tertiary/aromatic N) is 1. The lowest BCUT2D eigenvalue weighted by Gasteiger charge is -2.27. The van der Waals surface area contributed by atoms with E-state index in [4.69, 9.17) is 16.6 Å². The molecule has 2 unspecified atom stereocenters. The van der Waals surface area contributed by atoms with E-state index in [1.165, 1.54) is 4.90 Å². The van der Waals surface area contributed by atoms with E-state index in [2.05, 4.69) is 15.9 Å². The van der Waals surface area contributed by atoms with Gasteiger partial charge in [-0.15, -0.1) is 0 Å². The topological polar surface area (TPSA) is 70.8 Å². The molecule has 1 amide bonds. The number of thiocarbonyl (C=S) groups is 1. The zero-order chi connectivity index (χ0) is 16.4. The van der Waals surface area contributed by atoms with Gasteiger partial charge in [0.2, 0.25) is 0 Å². The van der Waals surface area contributed by atoms with Gasteiger partial charge in [0.15, 0.2) is 4.67 Å². The number of hydrogen-bond donors (Lipinski definition) is 1. The molecule has 1 aliphatic rings. The normalized spacial score (nSPS) is 19.8. The molecule has 22 heavy (non-hydrogen) atoms. The zero-order valence-electron chi connectivity index (χ0n) is 11.9. The molecule has 0 aliphatic carbocycles. The van der Waals surface area contributed by atoms with Crippen LogP contribution < -0.4 is 0 Å². The Morgan fingerprint density at radius 1 is 1.59 bits per heavy atom. The Morgan fingerprint density at radius 2 is 2.27 bits per heavy atom. The summed E-state index contributed by atoms with van der Waals surface area (Å²) in [6.07, 6.45) is 2.21. The molecule has 8 heteroatoms. The highest BCUT2D eigenvalue weighted by atomic mass is 79.9. The lowest BCUT2D eigenvalue weighted by Crippen LogP contribution is -2.47. The Labute approximate surface area is 145 Å². The predicted molar refractivity (Wildman–Crippen MR) is 92.3 cm³/mol. The van der Waals surface area contributed by atoms with Crippen molar-refractivity contribution in [3.8, 4) is 0 Å². The highest BCUT2D eigenvalue weighted by Crippen LogP contribution is 2.36. The molecule has 1 fully saturated rings. The van der Waals surface area contributed by atoms with Crippen LogP contribution in [0.15, 0.2) is 26.1 Å². The Kier molecular flexibility index (Phi) is 5.46. The van der Waals surface area contributed by atoms with E-state index < -0.39 is 17.9 Å². The minimum Gasteiger partial charge on any atom is -0.480 e. The molecule has 1 aliphatic heterocycles. The summed E-state index contributed by atoms with van der Waals surface area (Å²) in [5.74, 6) is -1.14. The fourth-order valence-electron chi connectivity index (χ4n) is 2.09. The Bertz CT molecular complexity index is 655. The summed E-state index contributed by atoms with van der Waals surface area (Å²) in [5.41, 5.74) is 0. The van der Waals surface area contributed by atoms with Crippen LogP contribution in [0.3, 0.4) is 0 Å². The summed E-state index contributed by atoms with van der Waals surface area (Å²) in [6, 6.07) is 2.47. The van der Waals surface area contributed by atoms with E-state index >= 15 is 0 Å². The summed E-state index contributed by atoms with van der Waals surface area (Å²) < 4.78 is 6.15. The van der Waals surface area contributed by atoms with Gasteiger partial charge in [0, 0.05) is 6.08 Å². The van der Waals surface area contributed by atoms with Crippen LogP contribution in [0.5, 0.6) is 0 Å². The number of halogens is 1. The van der Waals surface area contributed by atoms with E-state index in [1.807, 2.05) is 6.92 Å². The first-order valence-corrected chi connectivity index (χ1v) is 8.62. The van der Waals surface area contributed by atoms with Gasteiger partial charge in [-0.25, -0.2) is 4.79 Å². The second-order valence-electron chi connectivity index (χ2n) is 4.86. The number of hydrogen-bond acceptors (Lipinski definition) is 5. The average Bonchev–Trinajstić information content (AvgIpc) is 2.97. The van der Waals surface area contributed by atoms with E-state index in [9.17, 15) is 14.7 Å². The van der Waals surface area contributed by atoms with Gasteiger partial charge in [-0.2, -0.15) is 0 Å². The molecule has 2 rings (SSSR count). The van der Waals surface area contributed by atoms with Crippen molar-refractivity contribution >= 4 is 62.2 Å². The van der Waals surface area contributed by atoms with Crippen molar-refractivity contribution in [2.24, 2.45) is 5.92 Å². The van der Waals surface area contributed by atoms with E-state index in [0.29, 0.717) is 21.8 Å². The first-order valence-electron chi connectivity index (χ1n) is 6.60. The molecule has 0 aromatic carbocycles. The van der Waals surface area contributed by atoms with Gasteiger partial charge < -0.3 is 9.52 Å². The molecule has 0 saturated carbocycles. The Balaban J connectivity index is 2.32. The molecule has 1 saturated heterocycles. The van der Waals surface area contributed by atoms with E-state index in [1.54, 1.807) is 25.1 Å². The van der Waals surface area contributed by atoms with Gasteiger partial charge in [-0.05, 0) is 34.0 Å². The standard InChI is InChI=1S/C14H14BrNO4S2/c1-3-7(2)11(13(18)19)16-12(17)9(22-14(16)21)6-8-4-5-10(15)20-8/h4-7,11H,3H2,1-2H3,(H,18,19)/b9-6+. The quantitative estimate of drug-likeness (QED) is 0.596. The van der Waals surface area contributed by atoms with Crippen molar-refractivity contribution in [2.45, 2.75) is 26.3 Å². The maximum atomic E-state index is 12.5. The molecule has 0 spiro atoms. The van der Waals surface area contributed by atoms with Gasteiger partial charge >= 0.3 is 5.97 Å². The van der Waals surface area contributed by atoms with E-state index in [0.717, 1.165) is 11.8 Å². The van der Waals surface area contributed by atoms with Gasteiger partial charge in [-0.1, -0.05) is 44.2 Å². The third kappa shape index (κ3) is 3.44. The van der Waals surface area contributed by atoms with Crippen molar-refractivity contribution in [2.75, 3.05) is 0 Å². The van der Waals surface area contributed by atoms with Crippen molar-refractivity contribution in [3.63, 3.8) is 0 Å². The van der Waals surface area contributed by atoms with Crippen molar-refractivity contribution in [1.82, 2.24) is 4.90 Å². The van der Waals surface area contributed by atoms with Crippen molar-refractivity contribution in [1.29, 1.82) is 0 Å². The summed E-state index contributed by atoms with van der Waals surface area (Å²) >= 11 is 9.48. The number of amides is 1. The largest absolute Gasteiger partial charge is 0.480 e. The molecule has 2 heterocycles. The van der Waals surface area contributed by atoms with Crippen LogP contribution in [0.25, 0.3) is 6.08 Å². The number of thioether (sulfide) groups is 1. The SMILES string of the molecule is CCC(C)C(C(=O)O)N1C(=O)/C(=C\c2ccc(Br)o2)SC1=S. The number of carbonyl (C=O) groups is 2. The number of carboxylic acid groups (broad SMARTS) is 1. The van der Waals surface area contributed by atoms with Gasteiger partial charge in [-0.3, -0.25) is 9.69 Å². The average molecular weight is 404 g/mol. The summed E-state index contributed by atoms with van der Waals surface area (Å²) in [6.45, 7) is 3.68. The minimum absolute atomic E-state index is 0.197. The third-order valence-corrected chi connectivity index (χ3v) is 5.16. The molecule has 5 nitrogen and oxygen atoms in total. The monoisotopic (exact) mass is 403 g/mol. The second kappa shape index (κ2) is 6.97. The molecule has 2 atom stereocenters. The summed E-state index contributed by atoms with van der Waals surface area (Å²) in [5, 5.41) is 9.44. The molecule has 0 radical (unpaired) electrons. The van der Waals surface area contributed by atoms with Crippen LogP contribution in [-0.4, -0.2) is 32.2 Å². The van der Waals surface area contributed by atoms with Gasteiger partial charge in [0.05, 0.1) is 4.91 Å². The first kappa shape index (κ1) is 17.2. The van der Waals surface area contributed by atoms with Crippen LogP contribution in [0, 0.1) is 5.92 Å². The van der Waals surface area contributed by atoms with Crippen molar-refractivity contribution < 1.29 is 19.1 Å². The maximum Gasteiger partial charge on any atom is 0.327 e. The Morgan fingerprint density at radius 3 is 2.77 bits per heavy atom. The maximum absolute atomic E-state index is 12.5. The van der Waals surface area contributed by atoms with Crippen molar-refractivity contribution in [3.05, 3.63) is 27.5 Å². The molecule has 118 valence electrons. The number of furan rings is 1. The van der Waals surface area contributed by atoms with Gasteiger partial charge in [0.1, 0.15) is 16.1 Å². The second-order valence-corrected chi connectivity index (χ2v) is 7.32. The predicted octanol–water partition coefficient (Wildman–Crippen LogP) is 3.74. The minimum atomic E-state index is -1.05. The number of carboxylic acids is 1. The van der Waals surface area contributed by atoms with Gasteiger partial charge in [0.25, 0.3) is 5.91 Å². The summed E-state index contributed by atoms with van der Waals surface area (Å²) in [4.78, 5) is 25.6. The molecule has 1 N–H and O–H groups in total. The molecule has 1 aromatic heterocycles. The lowest BCUT2D eigenvalue weighted by molar-refractivity contribution is -0.147. The lowest BCUT2D eigenvalue weighted by atomic mass is 9.98. The fraction of sp³-hybridized carbons (Fsp3) is 0.357. The van der Waals surface area contributed by atoms with E-state index in [-0.39, 0.29) is 10.2 Å². The highest BCUT2D eigenvalue weighted by Gasteiger charge is 2.42. The van der Waals surface area contributed by atoms with Crippen LogP contribution in [-0.2, 0) is 9.59 Å². The van der Waals surface area contributed by atoms with Crippen LogP contribution >= 0.6 is 39.9 Å². The molecule has 0 bridgehead atoms. The van der Waals surface area contributed by atoms with Crippen LogP contribution in [0.2, 0.25) is 0 Å². The first-order chi connectivity index (χ1) is 10.3. The number of carbonyl (C=O) groups excluding carboxylic acids is 1. The molecular weight excluding hydrogens is 390 g/mol. The zero-order valence-corrected chi connectivity index (χ0v) is 15.1. The number of aliphatic carboxylic acids is 1. The molecular formula is C14H14BrNO4S2. The number of rotatable bonds is 5. The Hall–Kier alpha value is -1.12. The highest BCUT2D eigenvalue weighted by molar-refractivity contribution is 9.10. The third-order valence-electron chi connectivity index (χ3n) is 3.41. The van der Waals surface area contributed by atoms with Crippen LogP contribution in [0.1, 0.15) is 26.0 Å².